The van der Waals surface area contributed by atoms with E-state index in [0.29, 0.717) is 0 Å². The molecular weight excluding hydrogens is 262 g/mol. The zero-order valence-electron chi connectivity index (χ0n) is 12.7. The van der Waals surface area contributed by atoms with E-state index >= 15 is 0 Å². The van der Waals surface area contributed by atoms with Crippen LogP contribution < -0.4 is 14.8 Å². The molecule has 1 unspecified atom stereocenters. The van der Waals surface area contributed by atoms with Crippen LogP contribution in [0.5, 0.6) is 11.5 Å². The number of anilines is 1. The van der Waals surface area contributed by atoms with Crippen molar-refractivity contribution in [2.24, 2.45) is 0 Å². The Kier molecular flexibility index (Phi) is 3.74. The summed E-state index contributed by atoms with van der Waals surface area (Å²) in [4.78, 5) is 0. The summed E-state index contributed by atoms with van der Waals surface area (Å²) in [6.45, 7) is 6.92. The van der Waals surface area contributed by atoms with E-state index in [2.05, 4.69) is 36.5 Å². The standard InChI is InChI=1S/C18H21NO2/c1-12(2)20-15-7-5-14(6-8-15)18-11-19-16-10-13(3)4-9-17(16)21-18/h4-10,12,18-19H,11H2,1-3H3. The Morgan fingerprint density at radius 3 is 2.62 bits per heavy atom. The quantitative estimate of drug-likeness (QED) is 0.909. The largest absolute Gasteiger partial charge is 0.491 e. The molecule has 0 aliphatic carbocycles. The van der Waals surface area contributed by atoms with E-state index in [4.69, 9.17) is 9.47 Å². The van der Waals surface area contributed by atoms with Gasteiger partial charge in [-0.3, -0.25) is 0 Å². The molecule has 0 aromatic heterocycles. The molecule has 0 saturated heterocycles. The lowest BCUT2D eigenvalue weighted by Gasteiger charge is -2.28. The first kappa shape index (κ1) is 13.8. The molecule has 1 N–H and O–H groups in total. The van der Waals surface area contributed by atoms with Crippen LogP contribution in [0.15, 0.2) is 42.5 Å². The van der Waals surface area contributed by atoms with Crippen molar-refractivity contribution in [3.8, 4) is 11.5 Å². The number of hydrogen-bond acceptors (Lipinski definition) is 3. The zero-order chi connectivity index (χ0) is 14.8. The molecule has 3 nitrogen and oxygen atoms in total. The van der Waals surface area contributed by atoms with Crippen molar-refractivity contribution in [1.29, 1.82) is 0 Å². The van der Waals surface area contributed by atoms with Gasteiger partial charge in [-0.05, 0) is 56.2 Å². The van der Waals surface area contributed by atoms with Gasteiger partial charge in [0.15, 0.2) is 0 Å². The van der Waals surface area contributed by atoms with Crippen molar-refractivity contribution in [3.05, 3.63) is 53.6 Å². The number of aryl methyl sites for hydroxylation is 1. The second kappa shape index (κ2) is 5.68. The summed E-state index contributed by atoms with van der Waals surface area (Å²) in [6, 6.07) is 14.4. The van der Waals surface area contributed by atoms with E-state index in [1.807, 2.05) is 32.0 Å². The minimum atomic E-state index is 0.0355. The van der Waals surface area contributed by atoms with Crippen LogP contribution in [-0.2, 0) is 0 Å². The summed E-state index contributed by atoms with van der Waals surface area (Å²) < 4.78 is 11.8. The van der Waals surface area contributed by atoms with Crippen LogP contribution in [-0.4, -0.2) is 12.6 Å². The fourth-order valence-electron chi connectivity index (χ4n) is 2.50. The van der Waals surface area contributed by atoms with Crippen molar-refractivity contribution >= 4 is 5.69 Å². The Hall–Kier alpha value is -2.16. The van der Waals surface area contributed by atoms with Crippen LogP contribution in [0.25, 0.3) is 0 Å². The molecule has 2 aromatic rings. The van der Waals surface area contributed by atoms with E-state index in [0.717, 1.165) is 29.3 Å². The van der Waals surface area contributed by atoms with E-state index in [9.17, 15) is 0 Å². The fraction of sp³-hybridized carbons (Fsp3) is 0.333. The van der Waals surface area contributed by atoms with Crippen molar-refractivity contribution < 1.29 is 9.47 Å². The third-order valence-electron chi connectivity index (χ3n) is 3.51. The lowest BCUT2D eigenvalue weighted by molar-refractivity contribution is 0.210. The molecule has 0 fully saturated rings. The first-order chi connectivity index (χ1) is 10.1. The Morgan fingerprint density at radius 1 is 1.14 bits per heavy atom. The maximum Gasteiger partial charge on any atom is 0.143 e. The predicted molar refractivity (Wildman–Crippen MR) is 85.2 cm³/mol. The van der Waals surface area contributed by atoms with Crippen molar-refractivity contribution in [2.45, 2.75) is 33.0 Å². The number of benzene rings is 2. The molecule has 1 heterocycles. The summed E-state index contributed by atoms with van der Waals surface area (Å²) in [7, 11) is 0. The monoisotopic (exact) mass is 283 g/mol. The molecule has 1 aliphatic rings. The molecule has 2 aromatic carbocycles. The Balaban J connectivity index is 1.75. The number of rotatable bonds is 3. The summed E-state index contributed by atoms with van der Waals surface area (Å²) in [6.07, 6.45) is 0.229. The predicted octanol–water partition coefficient (Wildman–Crippen LogP) is 4.33. The molecule has 21 heavy (non-hydrogen) atoms. The summed E-state index contributed by atoms with van der Waals surface area (Å²) in [5, 5.41) is 3.44. The molecule has 110 valence electrons. The van der Waals surface area contributed by atoms with E-state index in [1.54, 1.807) is 0 Å². The molecule has 3 heteroatoms. The van der Waals surface area contributed by atoms with Crippen molar-refractivity contribution in [3.63, 3.8) is 0 Å². The highest BCUT2D eigenvalue weighted by molar-refractivity contribution is 5.59. The lowest BCUT2D eigenvalue weighted by Crippen LogP contribution is -2.23. The Bertz CT molecular complexity index is 620. The molecule has 0 spiro atoms. The molecular formula is C18H21NO2. The number of ether oxygens (including phenoxy) is 2. The first-order valence-electron chi connectivity index (χ1n) is 7.39. The van der Waals surface area contributed by atoms with E-state index in [1.165, 1.54) is 5.56 Å². The van der Waals surface area contributed by atoms with Gasteiger partial charge < -0.3 is 14.8 Å². The van der Waals surface area contributed by atoms with Gasteiger partial charge in [0.05, 0.1) is 18.3 Å². The second-order valence-electron chi connectivity index (χ2n) is 5.72. The minimum absolute atomic E-state index is 0.0355. The number of nitrogens with one attached hydrogen (secondary N) is 1. The SMILES string of the molecule is Cc1ccc2c(c1)NCC(c1ccc(OC(C)C)cc1)O2. The van der Waals surface area contributed by atoms with Gasteiger partial charge in [0.2, 0.25) is 0 Å². The first-order valence-corrected chi connectivity index (χ1v) is 7.39. The second-order valence-corrected chi connectivity index (χ2v) is 5.72. The smallest absolute Gasteiger partial charge is 0.143 e. The van der Waals surface area contributed by atoms with Gasteiger partial charge in [0, 0.05) is 0 Å². The van der Waals surface area contributed by atoms with Gasteiger partial charge >= 0.3 is 0 Å². The third-order valence-corrected chi connectivity index (χ3v) is 3.51. The van der Waals surface area contributed by atoms with Gasteiger partial charge in [-0.25, -0.2) is 0 Å². The average molecular weight is 283 g/mol. The van der Waals surface area contributed by atoms with Crippen LogP contribution in [0.4, 0.5) is 5.69 Å². The van der Waals surface area contributed by atoms with Crippen LogP contribution in [0, 0.1) is 6.92 Å². The normalized spacial score (nSPS) is 16.9. The zero-order valence-corrected chi connectivity index (χ0v) is 12.7. The fourth-order valence-corrected chi connectivity index (χ4v) is 2.50. The average Bonchev–Trinajstić information content (AvgIpc) is 2.47. The van der Waals surface area contributed by atoms with Gasteiger partial charge in [0.1, 0.15) is 17.6 Å². The summed E-state index contributed by atoms with van der Waals surface area (Å²) in [5.41, 5.74) is 3.47. The van der Waals surface area contributed by atoms with Gasteiger partial charge in [-0.1, -0.05) is 18.2 Å². The molecule has 1 atom stereocenters. The highest BCUT2D eigenvalue weighted by Gasteiger charge is 2.20. The molecule has 0 saturated carbocycles. The van der Waals surface area contributed by atoms with Crippen LogP contribution >= 0.6 is 0 Å². The van der Waals surface area contributed by atoms with Crippen LogP contribution in [0.1, 0.15) is 31.1 Å². The van der Waals surface area contributed by atoms with E-state index < -0.39 is 0 Å². The summed E-state index contributed by atoms with van der Waals surface area (Å²) in [5.74, 6) is 1.81. The van der Waals surface area contributed by atoms with Gasteiger partial charge in [0.25, 0.3) is 0 Å². The highest BCUT2D eigenvalue weighted by atomic mass is 16.5. The topological polar surface area (TPSA) is 30.5 Å². The van der Waals surface area contributed by atoms with Gasteiger partial charge in [-0.2, -0.15) is 0 Å². The highest BCUT2D eigenvalue weighted by Crippen LogP contribution is 2.35. The molecule has 3 rings (SSSR count). The Morgan fingerprint density at radius 2 is 1.90 bits per heavy atom. The van der Waals surface area contributed by atoms with Crippen LogP contribution in [0.3, 0.4) is 0 Å². The Labute approximate surface area is 125 Å². The minimum Gasteiger partial charge on any atom is -0.491 e. The molecule has 0 radical (unpaired) electrons. The van der Waals surface area contributed by atoms with Crippen molar-refractivity contribution in [2.75, 3.05) is 11.9 Å². The molecule has 0 bridgehead atoms. The number of fused-ring (bicyclic) bond motifs is 1. The van der Waals surface area contributed by atoms with Crippen LogP contribution in [0.2, 0.25) is 0 Å². The lowest BCUT2D eigenvalue weighted by atomic mass is 10.1. The number of hydrogen-bond donors (Lipinski definition) is 1. The summed E-state index contributed by atoms with van der Waals surface area (Å²) >= 11 is 0. The maximum atomic E-state index is 6.09. The van der Waals surface area contributed by atoms with Crippen molar-refractivity contribution in [1.82, 2.24) is 0 Å². The maximum absolute atomic E-state index is 6.09. The van der Waals surface area contributed by atoms with E-state index in [-0.39, 0.29) is 12.2 Å². The molecule has 0 amide bonds. The third kappa shape index (κ3) is 3.13. The van der Waals surface area contributed by atoms with Gasteiger partial charge in [-0.15, -0.1) is 0 Å². The molecule has 1 aliphatic heterocycles.